The fraction of sp³-hybridized carbons (Fsp3) is 0.0714. The van der Waals surface area contributed by atoms with Crippen LogP contribution < -0.4 is 5.73 Å². The zero-order valence-electron chi connectivity index (χ0n) is 10.6. The van der Waals surface area contributed by atoms with Crippen LogP contribution in [0.1, 0.15) is 5.56 Å². The van der Waals surface area contributed by atoms with Gasteiger partial charge in [0.15, 0.2) is 5.82 Å². The van der Waals surface area contributed by atoms with Crippen molar-refractivity contribution in [2.75, 3.05) is 5.73 Å². The Bertz CT molecular complexity index is 759. The second-order valence-corrected chi connectivity index (χ2v) is 7.18. The van der Waals surface area contributed by atoms with Gasteiger partial charge in [-0.25, -0.2) is 0 Å². The second kappa shape index (κ2) is 5.24. The van der Waals surface area contributed by atoms with Crippen LogP contribution in [0.2, 0.25) is 5.02 Å². The lowest BCUT2D eigenvalue weighted by Gasteiger charge is -2.05. The minimum absolute atomic E-state index is 0.454. The lowest BCUT2D eigenvalue weighted by atomic mass is 10.0. The van der Waals surface area contributed by atoms with Crippen LogP contribution >= 0.6 is 38.9 Å². The van der Waals surface area contributed by atoms with E-state index in [0.29, 0.717) is 10.8 Å². The summed E-state index contributed by atoms with van der Waals surface area (Å²) in [6.07, 6.45) is 0. The average Bonchev–Trinajstić information content (AvgIpc) is 2.94. The van der Waals surface area contributed by atoms with Crippen LogP contribution in [0.4, 0.5) is 5.82 Å². The highest BCUT2D eigenvalue weighted by atomic mass is 79.9. The fourth-order valence-electron chi connectivity index (χ4n) is 2.05. The summed E-state index contributed by atoms with van der Waals surface area (Å²) in [6.45, 7) is 2.05. The topological polar surface area (TPSA) is 54.7 Å². The minimum Gasteiger partial charge on any atom is -0.382 e. The monoisotopic (exact) mass is 367 g/mol. The minimum atomic E-state index is 0.454. The third-order valence-electron chi connectivity index (χ3n) is 3.04. The van der Waals surface area contributed by atoms with Gasteiger partial charge in [0.05, 0.1) is 19.9 Å². The van der Waals surface area contributed by atoms with Gasteiger partial charge in [-0.15, -0.1) is 11.3 Å². The highest BCUT2D eigenvalue weighted by molar-refractivity contribution is 9.11. The van der Waals surface area contributed by atoms with Gasteiger partial charge in [0, 0.05) is 10.6 Å². The van der Waals surface area contributed by atoms with Crippen molar-refractivity contribution in [1.82, 2.24) is 10.2 Å². The Morgan fingerprint density at radius 3 is 2.75 bits per heavy atom. The van der Waals surface area contributed by atoms with Gasteiger partial charge in [-0.3, -0.25) is 5.10 Å². The number of nitrogens with zero attached hydrogens (tertiary/aromatic N) is 1. The average molecular weight is 369 g/mol. The van der Waals surface area contributed by atoms with Gasteiger partial charge < -0.3 is 5.73 Å². The first-order chi connectivity index (χ1) is 9.58. The van der Waals surface area contributed by atoms with E-state index in [-0.39, 0.29) is 0 Å². The number of benzene rings is 1. The van der Waals surface area contributed by atoms with Crippen molar-refractivity contribution < 1.29 is 0 Å². The summed E-state index contributed by atoms with van der Waals surface area (Å²) in [4.78, 5) is 1.08. The maximum Gasteiger partial charge on any atom is 0.153 e. The van der Waals surface area contributed by atoms with E-state index in [4.69, 9.17) is 17.3 Å². The second-order valence-electron chi connectivity index (χ2n) is 4.41. The van der Waals surface area contributed by atoms with E-state index >= 15 is 0 Å². The lowest BCUT2D eigenvalue weighted by Crippen LogP contribution is -1.89. The Morgan fingerprint density at radius 2 is 2.10 bits per heavy atom. The first-order valence-corrected chi connectivity index (χ1v) is 7.91. The summed E-state index contributed by atoms with van der Waals surface area (Å²) in [6, 6.07) is 9.73. The Labute approximate surface area is 133 Å². The highest BCUT2D eigenvalue weighted by Gasteiger charge is 2.18. The molecule has 20 heavy (non-hydrogen) atoms. The normalized spacial score (nSPS) is 10.9. The van der Waals surface area contributed by atoms with Crippen LogP contribution in [-0.4, -0.2) is 10.2 Å². The van der Waals surface area contributed by atoms with Crippen molar-refractivity contribution in [2.45, 2.75) is 6.92 Å². The first-order valence-electron chi connectivity index (χ1n) is 5.93. The van der Waals surface area contributed by atoms with Crippen LogP contribution in [0, 0.1) is 6.92 Å². The quantitative estimate of drug-likeness (QED) is 0.660. The molecular formula is C14H11BrClN3S. The molecular weight excluding hydrogens is 358 g/mol. The summed E-state index contributed by atoms with van der Waals surface area (Å²) in [7, 11) is 0. The number of aromatic amines is 1. The van der Waals surface area contributed by atoms with Gasteiger partial charge in [-0.1, -0.05) is 29.8 Å². The van der Waals surface area contributed by atoms with Gasteiger partial charge in [0.25, 0.3) is 0 Å². The number of hydrogen-bond acceptors (Lipinski definition) is 3. The molecule has 0 unspecified atom stereocenters. The number of hydrogen-bond donors (Lipinski definition) is 2. The first kappa shape index (κ1) is 13.7. The summed E-state index contributed by atoms with van der Waals surface area (Å²) in [5, 5.41) is 7.81. The maximum atomic E-state index is 6.28. The molecule has 102 valence electrons. The largest absolute Gasteiger partial charge is 0.382 e. The molecule has 0 bridgehead atoms. The van der Waals surface area contributed by atoms with E-state index < -0.39 is 0 Å². The molecule has 0 aliphatic rings. The maximum absolute atomic E-state index is 6.28. The molecule has 3 rings (SSSR count). The molecule has 2 aromatic heterocycles. The van der Waals surface area contributed by atoms with Crippen LogP contribution in [0.3, 0.4) is 0 Å². The van der Waals surface area contributed by atoms with Crippen molar-refractivity contribution in [2.24, 2.45) is 0 Å². The molecule has 3 nitrogen and oxygen atoms in total. The third-order valence-corrected chi connectivity index (χ3v) is 5.52. The van der Waals surface area contributed by atoms with E-state index in [1.807, 2.05) is 24.3 Å². The van der Waals surface area contributed by atoms with Gasteiger partial charge in [0.1, 0.15) is 0 Å². The molecule has 0 atom stereocenters. The molecule has 0 aliphatic heterocycles. The Morgan fingerprint density at radius 1 is 1.35 bits per heavy atom. The molecule has 3 N–H and O–H groups in total. The molecule has 0 saturated carbocycles. The summed E-state index contributed by atoms with van der Waals surface area (Å²) in [5.41, 5.74) is 9.84. The van der Waals surface area contributed by atoms with Crippen LogP contribution in [0.15, 0.2) is 34.1 Å². The van der Waals surface area contributed by atoms with E-state index in [9.17, 15) is 0 Å². The van der Waals surface area contributed by atoms with Crippen LogP contribution in [-0.2, 0) is 0 Å². The van der Waals surface area contributed by atoms with Gasteiger partial charge >= 0.3 is 0 Å². The molecule has 6 heteroatoms. The van der Waals surface area contributed by atoms with Gasteiger partial charge in [-0.2, -0.15) is 5.10 Å². The van der Waals surface area contributed by atoms with Crippen LogP contribution in [0.5, 0.6) is 0 Å². The standard InChI is InChI=1S/C14H11BrClN3S/c1-7-6-10(20-13(7)15)12-11(14(17)19-18-12)8-4-2-3-5-9(8)16/h2-6H,1H3,(H3,17,18,19). The number of nitrogens with two attached hydrogens (primary N) is 1. The number of aryl methyl sites for hydroxylation is 1. The SMILES string of the molecule is Cc1cc(-c2[nH]nc(N)c2-c2ccccc2Cl)sc1Br. The number of aromatic nitrogens is 2. The van der Waals surface area contributed by atoms with Crippen molar-refractivity contribution in [1.29, 1.82) is 0 Å². The number of nitrogens with one attached hydrogen (secondary N) is 1. The van der Waals surface area contributed by atoms with E-state index in [1.54, 1.807) is 11.3 Å². The fourth-order valence-corrected chi connectivity index (χ4v) is 3.82. The lowest BCUT2D eigenvalue weighted by molar-refractivity contribution is 1.11. The molecule has 3 aromatic rings. The molecule has 0 saturated heterocycles. The third kappa shape index (κ3) is 2.26. The van der Waals surface area contributed by atoms with E-state index in [0.717, 1.165) is 25.5 Å². The zero-order valence-corrected chi connectivity index (χ0v) is 13.7. The molecule has 0 aliphatic carbocycles. The van der Waals surface area contributed by atoms with Gasteiger partial charge in [0.2, 0.25) is 0 Å². The zero-order chi connectivity index (χ0) is 14.3. The smallest absolute Gasteiger partial charge is 0.153 e. The molecule has 2 heterocycles. The van der Waals surface area contributed by atoms with Crippen molar-refractivity contribution in [3.8, 4) is 21.7 Å². The van der Waals surface area contributed by atoms with Gasteiger partial charge in [-0.05, 0) is 40.5 Å². The number of nitrogen functional groups attached to an aromatic ring is 1. The van der Waals surface area contributed by atoms with Crippen molar-refractivity contribution in [3.05, 3.63) is 44.7 Å². The highest BCUT2D eigenvalue weighted by Crippen LogP contribution is 2.42. The van der Waals surface area contributed by atoms with Crippen molar-refractivity contribution in [3.63, 3.8) is 0 Å². The molecule has 0 radical (unpaired) electrons. The Balaban J connectivity index is 2.23. The van der Waals surface area contributed by atoms with Crippen LogP contribution in [0.25, 0.3) is 21.7 Å². The molecule has 1 aromatic carbocycles. The number of halogens is 2. The Hall–Kier alpha value is -1.30. The molecule has 0 spiro atoms. The summed E-state index contributed by atoms with van der Waals surface area (Å²) >= 11 is 11.5. The predicted octanol–water partition coefficient (Wildman–Crippen LogP) is 5.11. The summed E-state index contributed by atoms with van der Waals surface area (Å²) < 4.78 is 1.10. The molecule has 0 amide bonds. The predicted molar refractivity (Wildman–Crippen MR) is 89.2 cm³/mol. The number of rotatable bonds is 2. The number of anilines is 1. The summed E-state index contributed by atoms with van der Waals surface area (Å²) in [5.74, 6) is 0.454. The number of H-pyrrole nitrogens is 1. The van der Waals surface area contributed by atoms with E-state index in [1.165, 1.54) is 5.56 Å². The van der Waals surface area contributed by atoms with E-state index in [2.05, 4.69) is 39.1 Å². The Kier molecular flexibility index (Phi) is 3.58. The van der Waals surface area contributed by atoms with Crippen molar-refractivity contribution >= 4 is 44.7 Å². The molecule has 0 fully saturated rings. The number of thiophene rings is 1.